The molecule has 1 atom stereocenters. The molecule has 0 aliphatic carbocycles. The molecule has 0 heterocycles. The number of likely N-dealkylation sites (N-methyl/N-ethyl adjacent to an activating group) is 1. The van der Waals surface area contributed by atoms with Gasteiger partial charge < -0.3 is 10.2 Å². The Bertz CT molecular complexity index is 1030. The molecule has 0 radical (unpaired) electrons. The van der Waals surface area contributed by atoms with Crippen molar-refractivity contribution < 1.29 is 9.59 Å². The maximum atomic E-state index is 13.2. The summed E-state index contributed by atoms with van der Waals surface area (Å²) in [6.07, 6.45) is 0.934. The van der Waals surface area contributed by atoms with Gasteiger partial charge in [0.15, 0.2) is 0 Å². The Morgan fingerprint density at radius 2 is 1.63 bits per heavy atom. The molecule has 3 rings (SSSR count). The first-order valence-electron chi connectivity index (χ1n) is 10.3. The van der Waals surface area contributed by atoms with Crippen molar-refractivity contribution in [2.75, 3.05) is 6.54 Å². The summed E-state index contributed by atoms with van der Waals surface area (Å²) in [5, 5.41) is 5.72. The number of rotatable bonds is 8. The molecule has 0 aliphatic heterocycles. The summed E-state index contributed by atoms with van der Waals surface area (Å²) in [4.78, 5) is 27.3. The molecular weight excluding hydrogens is 396 g/mol. The zero-order valence-electron chi connectivity index (χ0n) is 17.4. The minimum Gasteiger partial charge on any atom is -0.355 e. The lowest BCUT2D eigenvalue weighted by atomic mass is 10.0. The molecule has 2 amide bonds. The lowest BCUT2D eigenvalue weighted by molar-refractivity contribution is -0.140. The predicted octanol–water partition coefficient (Wildman–Crippen LogP) is 4.98. The second-order valence-electron chi connectivity index (χ2n) is 7.32. The number of amides is 2. The highest BCUT2D eigenvalue weighted by Gasteiger charge is 2.26. The Hall–Kier alpha value is -2.85. The Morgan fingerprint density at radius 3 is 2.40 bits per heavy atom. The van der Waals surface area contributed by atoms with Crippen molar-refractivity contribution in [3.63, 3.8) is 0 Å². The molecule has 0 aromatic heterocycles. The monoisotopic (exact) mass is 422 g/mol. The van der Waals surface area contributed by atoms with Gasteiger partial charge in [0, 0.05) is 24.5 Å². The number of carbonyl (C=O) groups is 2. The molecule has 156 valence electrons. The number of hydrogen-bond donors (Lipinski definition) is 1. The SMILES string of the molecule is CCNC(=O)[C@H](C)N(Cc1ccccc1Cl)C(=O)CCc1cccc2ccccc12. The quantitative estimate of drug-likeness (QED) is 0.556. The third kappa shape index (κ3) is 5.19. The minimum absolute atomic E-state index is 0.0680. The van der Waals surface area contributed by atoms with E-state index in [-0.39, 0.29) is 11.8 Å². The summed E-state index contributed by atoms with van der Waals surface area (Å²) < 4.78 is 0. The number of nitrogens with zero attached hydrogens (tertiary/aromatic N) is 1. The van der Waals surface area contributed by atoms with Gasteiger partial charge in [0.2, 0.25) is 11.8 Å². The number of fused-ring (bicyclic) bond motifs is 1. The molecule has 5 heteroatoms. The van der Waals surface area contributed by atoms with Crippen molar-refractivity contribution in [1.29, 1.82) is 0 Å². The molecule has 3 aromatic rings. The van der Waals surface area contributed by atoms with Crippen LogP contribution in [0.5, 0.6) is 0 Å². The molecule has 1 N–H and O–H groups in total. The zero-order chi connectivity index (χ0) is 21.5. The average molecular weight is 423 g/mol. The number of benzene rings is 3. The minimum atomic E-state index is -0.582. The van der Waals surface area contributed by atoms with E-state index >= 15 is 0 Å². The first-order chi connectivity index (χ1) is 14.5. The van der Waals surface area contributed by atoms with E-state index in [1.165, 1.54) is 0 Å². The number of hydrogen-bond acceptors (Lipinski definition) is 2. The van der Waals surface area contributed by atoms with Crippen LogP contribution in [0.15, 0.2) is 66.7 Å². The van der Waals surface area contributed by atoms with Gasteiger partial charge in [-0.15, -0.1) is 0 Å². The highest BCUT2D eigenvalue weighted by Crippen LogP contribution is 2.22. The van der Waals surface area contributed by atoms with Gasteiger partial charge in [0.1, 0.15) is 6.04 Å². The second kappa shape index (κ2) is 10.3. The van der Waals surface area contributed by atoms with E-state index < -0.39 is 6.04 Å². The normalized spacial score (nSPS) is 11.8. The lowest BCUT2D eigenvalue weighted by Gasteiger charge is -2.29. The van der Waals surface area contributed by atoms with Crippen LogP contribution in [0.3, 0.4) is 0 Å². The van der Waals surface area contributed by atoms with E-state index in [1.807, 2.05) is 43.3 Å². The smallest absolute Gasteiger partial charge is 0.242 e. The molecule has 4 nitrogen and oxygen atoms in total. The Kier molecular flexibility index (Phi) is 7.47. The van der Waals surface area contributed by atoms with Gasteiger partial charge >= 0.3 is 0 Å². The van der Waals surface area contributed by atoms with Crippen molar-refractivity contribution in [2.45, 2.75) is 39.3 Å². The van der Waals surface area contributed by atoms with Gasteiger partial charge in [-0.3, -0.25) is 9.59 Å². The first kappa shape index (κ1) is 21.8. The highest BCUT2D eigenvalue weighted by atomic mass is 35.5. The maximum absolute atomic E-state index is 13.2. The number of nitrogens with one attached hydrogen (secondary N) is 1. The van der Waals surface area contributed by atoms with Gasteiger partial charge in [-0.1, -0.05) is 72.3 Å². The van der Waals surface area contributed by atoms with E-state index in [4.69, 9.17) is 11.6 Å². The summed E-state index contributed by atoms with van der Waals surface area (Å²) in [5.74, 6) is -0.232. The molecule has 0 saturated heterocycles. The van der Waals surface area contributed by atoms with Crippen LogP contribution in [0.4, 0.5) is 0 Å². The second-order valence-corrected chi connectivity index (χ2v) is 7.73. The fraction of sp³-hybridized carbons (Fsp3) is 0.280. The average Bonchev–Trinajstić information content (AvgIpc) is 2.76. The number of halogens is 1. The molecule has 3 aromatic carbocycles. The largest absolute Gasteiger partial charge is 0.355 e. The predicted molar refractivity (Wildman–Crippen MR) is 122 cm³/mol. The Morgan fingerprint density at radius 1 is 0.967 bits per heavy atom. The van der Waals surface area contributed by atoms with Crippen LogP contribution in [0.2, 0.25) is 5.02 Å². The van der Waals surface area contributed by atoms with Gasteiger partial charge in [-0.25, -0.2) is 0 Å². The van der Waals surface area contributed by atoms with Crippen LogP contribution >= 0.6 is 11.6 Å². The summed E-state index contributed by atoms with van der Waals surface area (Å²) in [7, 11) is 0. The summed E-state index contributed by atoms with van der Waals surface area (Å²) in [6, 6.07) is 21.2. The molecule has 0 saturated carbocycles. The molecule has 30 heavy (non-hydrogen) atoms. The molecule has 0 spiro atoms. The number of aryl methyl sites for hydroxylation is 1. The lowest BCUT2D eigenvalue weighted by Crippen LogP contribution is -2.47. The van der Waals surface area contributed by atoms with Crippen molar-refractivity contribution in [1.82, 2.24) is 10.2 Å². The Labute approximate surface area is 182 Å². The van der Waals surface area contributed by atoms with Crippen LogP contribution in [0.25, 0.3) is 10.8 Å². The van der Waals surface area contributed by atoms with Gasteiger partial charge in [-0.05, 0) is 48.2 Å². The molecule has 0 fully saturated rings. The third-order valence-corrected chi connectivity index (χ3v) is 5.67. The highest BCUT2D eigenvalue weighted by molar-refractivity contribution is 6.31. The first-order valence-corrected chi connectivity index (χ1v) is 10.7. The molecule has 0 bridgehead atoms. The summed E-state index contributed by atoms with van der Waals surface area (Å²) in [5.41, 5.74) is 1.96. The molecular formula is C25H27ClN2O2. The van der Waals surface area contributed by atoms with E-state index in [0.29, 0.717) is 31.0 Å². The summed E-state index contributed by atoms with van der Waals surface area (Å²) >= 11 is 6.32. The van der Waals surface area contributed by atoms with E-state index in [0.717, 1.165) is 21.9 Å². The van der Waals surface area contributed by atoms with Gasteiger partial charge in [-0.2, -0.15) is 0 Å². The van der Waals surface area contributed by atoms with Crippen molar-refractivity contribution >= 4 is 34.2 Å². The third-order valence-electron chi connectivity index (χ3n) is 5.30. The van der Waals surface area contributed by atoms with Crippen LogP contribution < -0.4 is 5.32 Å². The summed E-state index contributed by atoms with van der Waals surface area (Å²) in [6.45, 7) is 4.45. The van der Waals surface area contributed by atoms with E-state index in [2.05, 4.69) is 29.6 Å². The Balaban J connectivity index is 1.80. The van der Waals surface area contributed by atoms with E-state index in [1.54, 1.807) is 17.9 Å². The standard InChI is InChI=1S/C25H27ClN2O2/c1-3-27-25(30)18(2)28(17-21-10-5-7-14-23(21)26)24(29)16-15-20-12-8-11-19-9-4-6-13-22(19)20/h4-14,18H,3,15-17H2,1-2H3,(H,27,30)/t18-/m0/s1. The van der Waals surface area contributed by atoms with Crippen molar-refractivity contribution in [3.05, 3.63) is 82.9 Å². The number of carbonyl (C=O) groups excluding carboxylic acids is 2. The molecule has 0 aliphatic rings. The molecule has 0 unspecified atom stereocenters. The topological polar surface area (TPSA) is 49.4 Å². The van der Waals surface area contributed by atoms with Crippen LogP contribution in [0.1, 0.15) is 31.4 Å². The van der Waals surface area contributed by atoms with Crippen molar-refractivity contribution in [3.8, 4) is 0 Å². The maximum Gasteiger partial charge on any atom is 0.242 e. The fourth-order valence-corrected chi connectivity index (χ4v) is 3.81. The fourth-order valence-electron chi connectivity index (χ4n) is 3.61. The van der Waals surface area contributed by atoms with Crippen LogP contribution in [-0.4, -0.2) is 29.3 Å². The van der Waals surface area contributed by atoms with Crippen LogP contribution in [0, 0.1) is 0 Å². The van der Waals surface area contributed by atoms with Crippen LogP contribution in [-0.2, 0) is 22.6 Å². The zero-order valence-corrected chi connectivity index (χ0v) is 18.2. The van der Waals surface area contributed by atoms with Crippen molar-refractivity contribution in [2.24, 2.45) is 0 Å². The van der Waals surface area contributed by atoms with Gasteiger partial charge in [0.25, 0.3) is 0 Å². The van der Waals surface area contributed by atoms with Gasteiger partial charge in [0.05, 0.1) is 0 Å². The van der Waals surface area contributed by atoms with E-state index in [9.17, 15) is 9.59 Å².